The third kappa shape index (κ3) is 5.04. The summed E-state index contributed by atoms with van der Waals surface area (Å²) in [7, 11) is 0. The molecule has 3 N–H and O–H groups in total. The lowest BCUT2D eigenvalue weighted by Gasteiger charge is -2.02. The van der Waals surface area contributed by atoms with Gasteiger partial charge in [-0.3, -0.25) is 4.79 Å². The fourth-order valence-electron chi connectivity index (χ4n) is 1.75. The molecule has 0 unspecified atom stereocenters. The van der Waals surface area contributed by atoms with Crippen molar-refractivity contribution in [2.45, 2.75) is 12.8 Å². The minimum absolute atomic E-state index is 0. The van der Waals surface area contributed by atoms with Gasteiger partial charge in [0.1, 0.15) is 0 Å². The Morgan fingerprint density at radius 2 is 2.00 bits per heavy atom. The minimum Gasteiger partial charge on any atom is -0.352 e. The van der Waals surface area contributed by atoms with Crippen LogP contribution in [0.25, 0.3) is 5.69 Å². The third-order valence-corrected chi connectivity index (χ3v) is 3.10. The molecule has 0 spiro atoms. The maximum absolute atomic E-state index is 11.9. The molecule has 0 fully saturated rings. The molecule has 1 amide bonds. The molecule has 1 heterocycles. The summed E-state index contributed by atoms with van der Waals surface area (Å²) in [6.45, 7) is 1.27. The van der Waals surface area contributed by atoms with Crippen molar-refractivity contribution in [1.82, 2.24) is 15.1 Å². The van der Waals surface area contributed by atoms with E-state index in [-0.39, 0.29) is 18.3 Å². The highest BCUT2D eigenvalue weighted by molar-refractivity contribution is 6.30. The topological polar surface area (TPSA) is 72.9 Å². The van der Waals surface area contributed by atoms with Crippen LogP contribution in [0.1, 0.15) is 23.2 Å². The van der Waals surface area contributed by atoms with E-state index >= 15 is 0 Å². The predicted molar refractivity (Wildman–Crippen MR) is 86.4 cm³/mol. The van der Waals surface area contributed by atoms with Crippen LogP contribution in [-0.4, -0.2) is 28.8 Å². The molecule has 0 aliphatic rings. The summed E-state index contributed by atoms with van der Waals surface area (Å²) in [5.41, 5.74) is 6.79. The molecule has 0 radical (unpaired) electrons. The number of unbranched alkanes of at least 4 members (excludes halogenated alkanes) is 1. The molecule has 0 aliphatic carbocycles. The van der Waals surface area contributed by atoms with Gasteiger partial charge in [0.05, 0.1) is 17.4 Å². The van der Waals surface area contributed by atoms with E-state index in [9.17, 15) is 4.79 Å². The van der Waals surface area contributed by atoms with Crippen molar-refractivity contribution in [3.63, 3.8) is 0 Å². The van der Waals surface area contributed by atoms with Crippen molar-refractivity contribution < 1.29 is 4.79 Å². The number of benzene rings is 1. The van der Waals surface area contributed by atoms with Gasteiger partial charge in [-0.25, -0.2) is 4.68 Å². The van der Waals surface area contributed by atoms with Crippen molar-refractivity contribution >= 4 is 29.9 Å². The first-order valence-electron chi connectivity index (χ1n) is 6.49. The first-order chi connectivity index (χ1) is 9.70. The monoisotopic (exact) mass is 328 g/mol. The number of carbonyl (C=O) groups excluding carboxylic acids is 1. The molecule has 5 nitrogen and oxygen atoms in total. The largest absolute Gasteiger partial charge is 0.352 e. The Balaban J connectivity index is 0.00000220. The van der Waals surface area contributed by atoms with Crippen LogP contribution in [0.4, 0.5) is 0 Å². The van der Waals surface area contributed by atoms with E-state index in [1.54, 1.807) is 29.2 Å². The lowest BCUT2D eigenvalue weighted by molar-refractivity contribution is 0.0953. The SMILES string of the molecule is Cl.NCCCCNC(=O)c1cnn(-c2ccc(Cl)cc2)c1. The summed E-state index contributed by atoms with van der Waals surface area (Å²) in [6, 6.07) is 7.26. The quantitative estimate of drug-likeness (QED) is 0.800. The lowest BCUT2D eigenvalue weighted by Crippen LogP contribution is -2.24. The van der Waals surface area contributed by atoms with Crippen LogP contribution in [0.3, 0.4) is 0 Å². The highest BCUT2D eigenvalue weighted by atomic mass is 35.5. The van der Waals surface area contributed by atoms with Gasteiger partial charge in [0.25, 0.3) is 5.91 Å². The van der Waals surface area contributed by atoms with Crippen LogP contribution in [0.15, 0.2) is 36.7 Å². The normalized spacial score (nSPS) is 10.0. The summed E-state index contributed by atoms with van der Waals surface area (Å²) in [4.78, 5) is 11.9. The number of hydrogen-bond acceptors (Lipinski definition) is 3. The van der Waals surface area contributed by atoms with E-state index in [2.05, 4.69) is 10.4 Å². The Labute approximate surface area is 134 Å². The summed E-state index contributed by atoms with van der Waals surface area (Å²) < 4.78 is 1.64. The average molecular weight is 329 g/mol. The smallest absolute Gasteiger partial charge is 0.254 e. The summed E-state index contributed by atoms with van der Waals surface area (Å²) in [5, 5.41) is 7.68. The molecule has 0 saturated heterocycles. The van der Waals surface area contributed by atoms with E-state index in [1.807, 2.05) is 12.1 Å². The maximum atomic E-state index is 11.9. The molecule has 1 aromatic carbocycles. The average Bonchev–Trinajstić information content (AvgIpc) is 2.94. The van der Waals surface area contributed by atoms with Crippen LogP contribution >= 0.6 is 24.0 Å². The molecule has 2 rings (SSSR count). The number of nitrogens with zero attached hydrogens (tertiary/aromatic N) is 2. The lowest BCUT2D eigenvalue weighted by atomic mass is 10.3. The zero-order chi connectivity index (χ0) is 14.4. The second kappa shape index (κ2) is 8.67. The molecular weight excluding hydrogens is 311 g/mol. The Kier molecular flexibility index (Phi) is 7.22. The molecule has 0 saturated carbocycles. The molecule has 7 heteroatoms. The molecule has 0 atom stereocenters. The van der Waals surface area contributed by atoms with E-state index in [0.717, 1.165) is 18.5 Å². The summed E-state index contributed by atoms with van der Waals surface area (Å²) in [5.74, 6) is -0.123. The van der Waals surface area contributed by atoms with Crippen molar-refractivity contribution in [2.75, 3.05) is 13.1 Å². The van der Waals surface area contributed by atoms with Crippen molar-refractivity contribution in [3.8, 4) is 5.69 Å². The maximum Gasteiger partial charge on any atom is 0.254 e. The number of halogens is 2. The molecule has 0 bridgehead atoms. The Bertz CT molecular complexity index is 569. The van der Waals surface area contributed by atoms with Crippen molar-refractivity contribution in [2.24, 2.45) is 5.73 Å². The van der Waals surface area contributed by atoms with Gasteiger partial charge in [-0.05, 0) is 43.7 Å². The van der Waals surface area contributed by atoms with Crippen LogP contribution in [0.2, 0.25) is 5.02 Å². The Morgan fingerprint density at radius 1 is 1.29 bits per heavy atom. The first kappa shape index (κ1) is 17.5. The fourth-order valence-corrected chi connectivity index (χ4v) is 1.87. The number of nitrogens with two attached hydrogens (primary N) is 1. The molecule has 0 aliphatic heterocycles. The highest BCUT2D eigenvalue weighted by Crippen LogP contribution is 2.13. The number of carbonyl (C=O) groups is 1. The van der Waals surface area contributed by atoms with Crippen LogP contribution < -0.4 is 11.1 Å². The van der Waals surface area contributed by atoms with E-state index < -0.39 is 0 Å². The zero-order valence-corrected chi connectivity index (χ0v) is 13.0. The molecule has 21 heavy (non-hydrogen) atoms. The highest BCUT2D eigenvalue weighted by Gasteiger charge is 2.08. The number of hydrogen-bond donors (Lipinski definition) is 2. The number of aromatic nitrogens is 2. The number of amides is 1. The molecule has 114 valence electrons. The second-order valence-corrected chi connectivity index (χ2v) is 4.84. The van der Waals surface area contributed by atoms with Gasteiger partial charge in [-0.15, -0.1) is 12.4 Å². The van der Waals surface area contributed by atoms with Gasteiger partial charge < -0.3 is 11.1 Å². The van der Waals surface area contributed by atoms with Crippen molar-refractivity contribution in [3.05, 3.63) is 47.2 Å². The van der Waals surface area contributed by atoms with Crippen LogP contribution in [-0.2, 0) is 0 Å². The molecule has 1 aromatic heterocycles. The summed E-state index contributed by atoms with van der Waals surface area (Å²) in [6.07, 6.45) is 5.03. The minimum atomic E-state index is -0.123. The van der Waals surface area contributed by atoms with E-state index in [1.165, 1.54) is 0 Å². The third-order valence-electron chi connectivity index (χ3n) is 2.85. The summed E-state index contributed by atoms with van der Waals surface area (Å²) >= 11 is 5.83. The first-order valence-corrected chi connectivity index (χ1v) is 6.87. The van der Waals surface area contributed by atoms with E-state index in [0.29, 0.717) is 23.7 Å². The van der Waals surface area contributed by atoms with Gasteiger partial charge in [-0.2, -0.15) is 5.10 Å². The van der Waals surface area contributed by atoms with Gasteiger partial charge >= 0.3 is 0 Å². The number of rotatable bonds is 6. The van der Waals surface area contributed by atoms with Crippen LogP contribution in [0, 0.1) is 0 Å². The molecular formula is C14H18Cl2N4O. The van der Waals surface area contributed by atoms with Crippen molar-refractivity contribution in [1.29, 1.82) is 0 Å². The van der Waals surface area contributed by atoms with Gasteiger partial charge in [0.2, 0.25) is 0 Å². The predicted octanol–water partition coefficient (Wildman–Crippen LogP) is 2.42. The van der Waals surface area contributed by atoms with Gasteiger partial charge in [0.15, 0.2) is 0 Å². The Hall–Kier alpha value is -1.56. The fraction of sp³-hybridized carbons (Fsp3) is 0.286. The second-order valence-electron chi connectivity index (χ2n) is 4.40. The van der Waals surface area contributed by atoms with E-state index in [4.69, 9.17) is 17.3 Å². The van der Waals surface area contributed by atoms with Gasteiger partial charge in [-0.1, -0.05) is 11.6 Å². The Morgan fingerprint density at radius 3 is 2.67 bits per heavy atom. The molecule has 2 aromatic rings. The standard InChI is InChI=1S/C14H17ClN4O.ClH/c15-12-3-5-13(6-4-12)19-10-11(9-18-19)14(20)17-8-2-1-7-16;/h3-6,9-10H,1-2,7-8,16H2,(H,17,20);1H. The van der Waals surface area contributed by atoms with Crippen LogP contribution in [0.5, 0.6) is 0 Å². The van der Waals surface area contributed by atoms with Gasteiger partial charge in [0, 0.05) is 17.8 Å². The zero-order valence-electron chi connectivity index (χ0n) is 11.5. The number of nitrogens with one attached hydrogen (secondary N) is 1.